The fraction of sp³-hybridized carbons (Fsp3) is 0.385. The van der Waals surface area contributed by atoms with Gasteiger partial charge in [-0.2, -0.15) is 0 Å². The Morgan fingerprint density at radius 3 is 2.53 bits per heavy atom. The highest BCUT2D eigenvalue weighted by atomic mass is 16.5. The van der Waals surface area contributed by atoms with Gasteiger partial charge in [0.1, 0.15) is 0 Å². The van der Waals surface area contributed by atoms with Gasteiger partial charge in [0.05, 0.1) is 35.4 Å². The Morgan fingerprint density at radius 1 is 1.07 bits per heavy atom. The molecule has 1 atom stereocenters. The van der Waals surface area contributed by atoms with Crippen LogP contribution >= 0.6 is 0 Å². The number of aryl methyl sites for hydroxylation is 2. The minimum atomic E-state index is 0.319. The molecule has 1 unspecified atom stereocenters. The van der Waals surface area contributed by atoms with Crippen molar-refractivity contribution in [2.45, 2.75) is 59.4 Å². The second kappa shape index (κ2) is 8.10. The lowest BCUT2D eigenvalue weighted by molar-refractivity contribution is 0.397. The van der Waals surface area contributed by atoms with Crippen LogP contribution in [0.5, 0.6) is 5.88 Å². The summed E-state index contributed by atoms with van der Waals surface area (Å²) in [4.78, 5) is 9.83. The summed E-state index contributed by atoms with van der Waals surface area (Å²) in [5.74, 6) is 0.993. The largest absolute Gasteiger partial charge is 0.480 e. The summed E-state index contributed by atoms with van der Waals surface area (Å²) in [7, 11) is 1.68. The van der Waals surface area contributed by atoms with Crippen LogP contribution in [0.4, 0.5) is 0 Å². The zero-order chi connectivity index (χ0) is 21.4. The third kappa shape index (κ3) is 3.55. The first-order chi connectivity index (χ1) is 14.4. The molecule has 156 valence electrons. The smallest absolute Gasteiger partial charge is 0.222 e. The number of rotatable bonds is 5. The Balaban J connectivity index is 1.83. The summed E-state index contributed by atoms with van der Waals surface area (Å²) in [6.45, 7) is 10.8. The maximum atomic E-state index is 5.64. The van der Waals surface area contributed by atoms with Gasteiger partial charge in [-0.15, -0.1) is 0 Å². The molecule has 30 heavy (non-hydrogen) atoms. The number of pyridine rings is 2. The van der Waals surface area contributed by atoms with Gasteiger partial charge >= 0.3 is 0 Å². The van der Waals surface area contributed by atoms with Gasteiger partial charge < -0.3 is 9.30 Å². The van der Waals surface area contributed by atoms with Gasteiger partial charge in [-0.05, 0) is 74.4 Å². The van der Waals surface area contributed by atoms with E-state index in [4.69, 9.17) is 14.7 Å². The number of aromatic nitrogens is 3. The van der Waals surface area contributed by atoms with Crippen molar-refractivity contribution in [2.24, 2.45) is 0 Å². The summed E-state index contributed by atoms with van der Waals surface area (Å²) in [5, 5.41) is 0. The average molecular weight is 402 g/mol. The number of ether oxygens (including phenoxy) is 1. The van der Waals surface area contributed by atoms with Gasteiger partial charge in [-0.3, -0.25) is 0 Å². The third-order valence-corrected chi connectivity index (χ3v) is 6.10. The standard InChI is InChI=1S/C26H31N3O/c1-16(2)22-13-12-21(26(27-22)30-6)24-17(3)14-23-25(28-24)18(4)15-29(23)19(5)20-10-8-7-9-11-20/h7-8,10,12-16,19H,9,11H2,1-6H3. The average Bonchev–Trinajstić information content (AvgIpc) is 3.08. The van der Waals surface area contributed by atoms with E-state index in [9.17, 15) is 0 Å². The van der Waals surface area contributed by atoms with E-state index < -0.39 is 0 Å². The first-order valence-electron chi connectivity index (χ1n) is 10.8. The van der Waals surface area contributed by atoms with E-state index in [1.807, 2.05) is 0 Å². The monoisotopic (exact) mass is 401 g/mol. The molecule has 4 nitrogen and oxygen atoms in total. The molecule has 3 aromatic rings. The normalized spacial score (nSPS) is 15.0. The Labute approximate surface area is 179 Å². The fourth-order valence-electron chi connectivity index (χ4n) is 4.28. The number of nitrogens with zero attached hydrogens (tertiary/aromatic N) is 3. The van der Waals surface area contributed by atoms with Crippen LogP contribution in [-0.2, 0) is 0 Å². The number of methoxy groups -OCH3 is 1. The second-order valence-corrected chi connectivity index (χ2v) is 8.57. The van der Waals surface area contributed by atoms with Gasteiger partial charge in [0.15, 0.2) is 0 Å². The lowest BCUT2D eigenvalue weighted by Crippen LogP contribution is -2.08. The SMILES string of the molecule is COc1nc(C(C)C)ccc1-c1nc2c(C)cn(C(C)C3=CC=CCC3)c2cc1C. The molecule has 0 saturated heterocycles. The van der Waals surface area contributed by atoms with Crippen molar-refractivity contribution in [3.8, 4) is 17.1 Å². The molecule has 3 aromatic heterocycles. The Morgan fingerprint density at radius 2 is 1.87 bits per heavy atom. The van der Waals surface area contributed by atoms with Crippen molar-refractivity contribution in [3.63, 3.8) is 0 Å². The predicted octanol–water partition coefficient (Wildman–Crippen LogP) is 6.68. The number of hydrogen-bond donors (Lipinski definition) is 0. The first-order valence-corrected chi connectivity index (χ1v) is 10.8. The van der Waals surface area contributed by atoms with Crippen LogP contribution in [0.2, 0.25) is 0 Å². The molecule has 1 aliphatic rings. The summed E-state index contributed by atoms with van der Waals surface area (Å²) in [5.41, 5.74) is 8.93. The van der Waals surface area contributed by atoms with Gasteiger partial charge in [0.2, 0.25) is 5.88 Å². The minimum Gasteiger partial charge on any atom is -0.480 e. The Bertz CT molecular complexity index is 1150. The number of allylic oxidation sites excluding steroid dienone is 4. The molecule has 3 heterocycles. The topological polar surface area (TPSA) is 39.9 Å². The third-order valence-electron chi connectivity index (χ3n) is 6.10. The molecular weight excluding hydrogens is 370 g/mol. The number of fused-ring (bicyclic) bond motifs is 1. The van der Waals surface area contributed by atoms with E-state index >= 15 is 0 Å². The van der Waals surface area contributed by atoms with Gasteiger partial charge in [-0.1, -0.05) is 32.1 Å². The zero-order valence-electron chi connectivity index (χ0n) is 18.9. The molecule has 0 fully saturated rings. The van der Waals surface area contributed by atoms with Crippen LogP contribution in [-0.4, -0.2) is 21.6 Å². The summed E-state index contributed by atoms with van der Waals surface area (Å²) in [6.07, 6.45) is 11.1. The van der Waals surface area contributed by atoms with E-state index in [2.05, 4.69) is 81.8 Å². The molecule has 0 saturated carbocycles. The van der Waals surface area contributed by atoms with Crippen LogP contribution in [0.1, 0.15) is 62.4 Å². The lowest BCUT2D eigenvalue weighted by Gasteiger charge is -2.20. The van der Waals surface area contributed by atoms with Gasteiger partial charge in [0.25, 0.3) is 0 Å². The van der Waals surface area contributed by atoms with Crippen molar-refractivity contribution in [2.75, 3.05) is 7.11 Å². The van der Waals surface area contributed by atoms with E-state index in [1.54, 1.807) is 7.11 Å². The summed E-state index contributed by atoms with van der Waals surface area (Å²) < 4.78 is 8.01. The van der Waals surface area contributed by atoms with Crippen LogP contribution in [0.15, 0.2) is 48.2 Å². The molecule has 0 amide bonds. The molecule has 1 aliphatic carbocycles. The summed E-state index contributed by atoms with van der Waals surface area (Å²) in [6, 6.07) is 6.75. The predicted molar refractivity (Wildman–Crippen MR) is 124 cm³/mol. The molecule has 0 bridgehead atoms. The molecule has 0 spiro atoms. The molecule has 0 N–H and O–H groups in total. The van der Waals surface area contributed by atoms with E-state index in [1.165, 1.54) is 16.7 Å². The molecule has 4 heteroatoms. The lowest BCUT2D eigenvalue weighted by atomic mass is 9.98. The maximum Gasteiger partial charge on any atom is 0.222 e. The van der Waals surface area contributed by atoms with Gasteiger partial charge in [-0.25, -0.2) is 9.97 Å². The van der Waals surface area contributed by atoms with E-state index in [0.29, 0.717) is 17.8 Å². The molecular formula is C26H31N3O. The molecule has 0 aliphatic heterocycles. The van der Waals surface area contributed by atoms with Crippen molar-refractivity contribution in [1.82, 2.24) is 14.5 Å². The van der Waals surface area contributed by atoms with E-state index in [0.717, 1.165) is 40.9 Å². The molecule has 4 rings (SSSR count). The highest BCUT2D eigenvalue weighted by molar-refractivity contribution is 5.85. The van der Waals surface area contributed by atoms with Crippen molar-refractivity contribution < 1.29 is 4.74 Å². The fourth-order valence-corrected chi connectivity index (χ4v) is 4.28. The zero-order valence-corrected chi connectivity index (χ0v) is 18.9. The van der Waals surface area contributed by atoms with Crippen LogP contribution in [0.3, 0.4) is 0 Å². The first kappa shape index (κ1) is 20.4. The van der Waals surface area contributed by atoms with E-state index in [-0.39, 0.29) is 0 Å². The molecule has 0 radical (unpaired) electrons. The Hall–Kier alpha value is -2.88. The Kier molecular flexibility index (Phi) is 5.50. The van der Waals surface area contributed by atoms with Crippen molar-refractivity contribution in [1.29, 1.82) is 0 Å². The number of hydrogen-bond acceptors (Lipinski definition) is 3. The van der Waals surface area contributed by atoms with Crippen LogP contribution in [0.25, 0.3) is 22.3 Å². The maximum absolute atomic E-state index is 5.64. The van der Waals surface area contributed by atoms with Crippen molar-refractivity contribution in [3.05, 3.63) is 65.0 Å². The quantitative estimate of drug-likeness (QED) is 0.478. The second-order valence-electron chi connectivity index (χ2n) is 8.57. The minimum absolute atomic E-state index is 0.319. The highest BCUT2D eigenvalue weighted by Crippen LogP contribution is 2.35. The molecule has 0 aromatic carbocycles. The van der Waals surface area contributed by atoms with Crippen molar-refractivity contribution >= 4 is 11.0 Å². The summed E-state index contributed by atoms with van der Waals surface area (Å²) >= 11 is 0. The van der Waals surface area contributed by atoms with Gasteiger partial charge in [0, 0.05) is 11.9 Å². The van der Waals surface area contributed by atoms with Crippen LogP contribution < -0.4 is 4.74 Å². The van der Waals surface area contributed by atoms with Crippen LogP contribution in [0, 0.1) is 13.8 Å². The highest BCUT2D eigenvalue weighted by Gasteiger charge is 2.20.